The van der Waals surface area contributed by atoms with E-state index in [2.05, 4.69) is 10.2 Å². The van der Waals surface area contributed by atoms with Gasteiger partial charge in [0.25, 0.3) is 5.91 Å². The lowest BCUT2D eigenvalue weighted by Gasteiger charge is -2.30. The summed E-state index contributed by atoms with van der Waals surface area (Å²) >= 11 is 0. The van der Waals surface area contributed by atoms with Crippen molar-refractivity contribution >= 4 is 5.91 Å². The van der Waals surface area contributed by atoms with Crippen LogP contribution in [0, 0.1) is 11.3 Å². The van der Waals surface area contributed by atoms with Crippen molar-refractivity contribution in [2.75, 3.05) is 39.9 Å². The number of rotatable bonds is 5. The summed E-state index contributed by atoms with van der Waals surface area (Å²) in [7, 11) is 2.03. The van der Waals surface area contributed by atoms with Gasteiger partial charge in [0.2, 0.25) is 0 Å². The van der Waals surface area contributed by atoms with Crippen molar-refractivity contribution in [3.63, 3.8) is 0 Å². The molecule has 0 aromatic heterocycles. The number of carbonyl (C=O) groups is 1. The predicted molar refractivity (Wildman–Crippen MR) is 76.9 cm³/mol. The van der Waals surface area contributed by atoms with Crippen molar-refractivity contribution in [2.24, 2.45) is 0 Å². The summed E-state index contributed by atoms with van der Waals surface area (Å²) in [5, 5.41) is 11.7. The molecule has 2 rings (SSSR count). The SMILES string of the molecule is CN1CCOC(CNC(=O)COc2ccccc2C#N)C1. The largest absolute Gasteiger partial charge is 0.482 e. The van der Waals surface area contributed by atoms with Crippen LogP contribution in [0.2, 0.25) is 0 Å². The van der Waals surface area contributed by atoms with Crippen LogP contribution >= 0.6 is 0 Å². The summed E-state index contributed by atoms with van der Waals surface area (Å²) in [5.74, 6) is 0.198. The number of benzene rings is 1. The Hall–Kier alpha value is -2.10. The Balaban J connectivity index is 1.74. The molecule has 1 aromatic rings. The second-order valence-electron chi connectivity index (χ2n) is 4.96. The molecule has 6 heteroatoms. The highest BCUT2D eigenvalue weighted by Crippen LogP contribution is 2.16. The standard InChI is InChI=1S/C15H19N3O3/c1-18-6-7-20-13(10-18)9-17-15(19)11-21-14-5-3-2-4-12(14)8-16/h2-5,13H,6-7,9-11H2,1H3,(H,17,19). The first-order chi connectivity index (χ1) is 10.2. The molecule has 1 fully saturated rings. The Bertz CT molecular complexity index is 527. The second-order valence-corrected chi connectivity index (χ2v) is 4.96. The van der Waals surface area contributed by atoms with E-state index in [1.165, 1.54) is 0 Å². The zero-order valence-corrected chi connectivity index (χ0v) is 12.0. The quantitative estimate of drug-likeness (QED) is 0.848. The van der Waals surface area contributed by atoms with Crippen molar-refractivity contribution in [3.05, 3.63) is 29.8 Å². The molecule has 1 N–H and O–H groups in total. The third kappa shape index (κ3) is 4.74. The van der Waals surface area contributed by atoms with Crippen LogP contribution in [0.3, 0.4) is 0 Å². The smallest absolute Gasteiger partial charge is 0.258 e. The number of ether oxygens (including phenoxy) is 2. The molecule has 1 unspecified atom stereocenters. The highest BCUT2D eigenvalue weighted by atomic mass is 16.5. The number of carbonyl (C=O) groups excluding carboxylic acids is 1. The maximum absolute atomic E-state index is 11.8. The van der Waals surface area contributed by atoms with E-state index in [1.54, 1.807) is 24.3 Å². The van der Waals surface area contributed by atoms with E-state index in [1.807, 2.05) is 13.1 Å². The van der Waals surface area contributed by atoms with E-state index in [0.29, 0.717) is 24.5 Å². The van der Waals surface area contributed by atoms with Crippen LogP contribution in [-0.4, -0.2) is 56.8 Å². The Morgan fingerprint density at radius 1 is 1.57 bits per heavy atom. The number of para-hydroxylation sites is 1. The molecule has 6 nitrogen and oxygen atoms in total. The maximum Gasteiger partial charge on any atom is 0.258 e. The van der Waals surface area contributed by atoms with Gasteiger partial charge in [-0.3, -0.25) is 4.79 Å². The molecule has 1 heterocycles. The van der Waals surface area contributed by atoms with Crippen LogP contribution < -0.4 is 10.1 Å². The number of hydrogen-bond acceptors (Lipinski definition) is 5. The van der Waals surface area contributed by atoms with E-state index in [-0.39, 0.29) is 18.6 Å². The average Bonchev–Trinajstić information content (AvgIpc) is 2.51. The molecule has 1 aliphatic rings. The molecule has 112 valence electrons. The lowest BCUT2D eigenvalue weighted by molar-refractivity contribution is -0.124. The number of nitrogens with one attached hydrogen (secondary N) is 1. The van der Waals surface area contributed by atoms with E-state index < -0.39 is 0 Å². The van der Waals surface area contributed by atoms with Gasteiger partial charge in [0.1, 0.15) is 11.8 Å². The summed E-state index contributed by atoms with van der Waals surface area (Å²) < 4.78 is 10.9. The number of nitrogens with zero attached hydrogens (tertiary/aromatic N) is 2. The van der Waals surface area contributed by atoms with Crippen LogP contribution in [0.25, 0.3) is 0 Å². The Kier molecular flexibility index (Phi) is 5.55. The summed E-state index contributed by atoms with van der Waals surface area (Å²) in [5.41, 5.74) is 0.419. The molecule has 0 saturated carbocycles. The van der Waals surface area contributed by atoms with Crippen LogP contribution in [0.15, 0.2) is 24.3 Å². The molecule has 1 aromatic carbocycles. The Morgan fingerprint density at radius 2 is 2.38 bits per heavy atom. The minimum Gasteiger partial charge on any atom is -0.482 e. The lowest BCUT2D eigenvalue weighted by Crippen LogP contribution is -2.46. The van der Waals surface area contributed by atoms with Crippen molar-refractivity contribution in [2.45, 2.75) is 6.10 Å². The first kappa shape index (κ1) is 15.3. The third-order valence-electron chi connectivity index (χ3n) is 3.24. The van der Waals surface area contributed by atoms with Gasteiger partial charge >= 0.3 is 0 Å². The van der Waals surface area contributed by atoms with Gasteiger partial charge < -0.3 is 19.7 Å². The highest BCUT2D eigenvalue weighted by Gasteiger charge is 2.18. The summed E-state index contributed by atoms with van der Waals surface area (Å²) in [6, 6.07) is 8.87. The van der Waals surface area contributed by atoms with Crippen molar-refractivity contribution < 1.29 is 14.3 Å². The van der Waals surface area contributed by atoms with Gasteiger partial charge in [-0.1, -0.05) is 12.1 Å². The Morgan fingerprint density at radius 3 is 3.14 bits per heavy atom. The van der Waals surface area contributed by atoms with Crippen molar-refractivity contribution in [1.82, 2.24) is 10.2 Å². The van der Waals surface area contributed by atoms with Crippen LogP contribution in [0.1, 0.15) is 5.56 Å². The summed E-state index contributed by atoms with van der Waals surface area (Å²) in [6.07, 6.45) is 0.0131. The van der Waals surface area contributed by atoms with Crippen LogP contribution in [0.5, 0.6) is 5.75 Å². The average molecular weight is 289 g/mol. The first-order valence-electron chi connectivity index (χ1n) is 6.88. The van der Waals surface area contributed by atoms with E-state index in [0.717, 1.165) is 13.1 Å². The molecule has 1 atom stereocenters. The van der Waals surface area contributed by atoms with Crippen molar-refractivity contribution in [1.29, 1.82) is 5.26 Å². The second kappa shape index (κ2) is 7.62. The zero-order valence-electron chi connectivity index (χ0n) is 12.0. The molecule has 1 saturated heterocycles. The maximum atomic E-state index is 11.8. The lowest BCUT2D eigenvalue weighted by atomic mass is 10.2. The molecular formula is C15H19N3O3. The zero-order chi connectivity index (χ0) is 15.1. The Labute approximate surface area is 124 Å². The number of amides is 1. The van der Waals surface area contributed by atoms with Gasteiger partial charge in [0.05, 0.1) is 18.3 Å². The molecule has 21 heavy (non-hydrogen) atoms. The van der Waals surface area contributed by atoms with E-state index in [9.17, 15) is 4.79 Å². The van der Waals surface area contributed by atoms with Crippen molar-refractivity contribution in [3.8, 4) is 11.8 Å². The fraction of sp³-hybridized carbons (Fsp3) is 0.467. The summed E-state index contributed by atoms with van der Waals surface area (Å²) in [6.45, 7) is 2.76. The van der Waals surface area contributed by atoms with Gasteiger partial charge in [0, 0.05) is 19.6 Å². The van der Waals surface area contributed by atoms with Gasteiger partial charge in [0.15, 0.2) is 6.61 Å². The fourth-order valence-corrected chi connectivity index (χ4v) is 2.10. The molecule has 0 aliphatic carbocycles. The predicted octanol–water partition coefficient (Wildman–Crippen LogP) is 0.384. The van der Waals surface area contributed by atoms with Gasteiger partial charge in [-0.2, -0.15) is 5.26 Å². The number of morpholine rings is 1. The minimum atomic E-state index is -0.223. The van der Waals surface area contributed by atoms with Crippen LogP contribution in [0.4, 0.5) is 0 Å². The van der Waals surface area contributed by atoms with Gasteiger partial charge in [-0.05, 0) is 19.2 Å². The van der Waals surface area contributed by atoms with E-state index >= 15 is 0 Å². The first-order valence-corrected chi connectivity index (χ1v) is 6.88. The van der Waals surface area contributed by atoms with Gasteiger partial charge in [-0.15, -0.1) is 0 Å². The van der Waals surface area contributed by atoms with E-state index in [4.69, 9.17) is 14.7 Å². The molecular weight excluding hydrogens is 270 g/mol. The molecule has 1 aliphatic heterocycles. The molecule has 1 amide bonds. The summed E-state index contributed by atoms with van der Waals surface area (Å²) in [4.78, 5) is 13.9. The third-order valence-corrected chi connectivity index (χ3v) is 3.24. The van der Waals surface area contributed by atoms with Crippen LogP contribution in [-0.2, 0) is 9.53 Å². The van der Waals surface area contributed by atoms with Gasteiger partial charge in [-0.25, -0.2) is 0 Å². The number of hydrogen-bond donors (Lipinski definition) is 1. The molecule has 0 bridgehead atoms. The normalized spacial score (nSPS) is 18.8. The topological polar surface area (TPSA) is 74.6 Å². The molecule has 0 spiro atoms. The minimum absolute atomic E-state index is 0.0131. The number of nitriles is 1. The number of likely N-dealkylation sites (N-methyl/N-ethyl adjacent to an activating group) is 1. The fourth-order valence-electron chi connectivity index (χ4n) is 2.10. The monoisotopic (exact) mass is 289 g/mol. The molecule has 0 radical (unpaired) electrons. The highest BCUT2D eigenvalue weighted by molar-refractivity contribution is 5.77.